The molecule has 7 heteroatoms. The fourth-order valence-electron chi connectivity index (χ4n) is 3.82. The normalized spacial score (nSPS) is 24.6. The van der Waals surface area contributed by atoms with E-state index >= 15 is 0 Å². The lowest BCUT2D eigenvalue weighted by molar-refractivity contribution is 0.0779. The molecule has 3 rings (SSSR count). The maximum absolute atomic E-state index is 12.8. The Kier molecular flexibility index (Phi) is 6.30. The Bertz CT molecular complexity index is 637. The first-order chi connectivity index (χ1) is 11.4. The van der Waals surface area contributed by atoms with Crippen LogP contribution in [0.1, 0.15) is 37.0 Å². The summed E-state index contributed by atoms with van der Waals surface area (Å²) in [7, 11) is 0. The van der Waals surface area contributed by atoms with E-state index in [-0.39, 0.29) is 36.4 Å². The number of likely N-dealkylation sites (tertiary alicyclic amines) is 1. The molecule has 3 atom stereocenters. The molecule has 4 N–H and O–H groups in total. The fourth-order valence-corrected chi connectivity index (χ4v) is 3.82. The SMILES string of the molecule is CC(C)NC(=O)Nc1cccc(C(=O)N2CC3CCC(N)C3C2)c1.Cl. The molecule has 0 bridgehead atoms. The van der Waals surface area contributed by atoms with Gasteiger partial charge >= 0.3 is 6.03 Å². The second-order valence-electron chi connectivity index (χ2n) is 7.21. The number of amides is 3. The van der Waals surface area contributed by atoms with Gasteiger partial charge in [-0.1, -0.05) is 6.07 Å². The Morgan fingerprint density at radius 2 is 2.00 bits per heavy atom. The Labute approximate surface area is 154 Å². The number of hydrogen-bond donors (Lipinski definition) is 3. The van der Waals surface area contributed by atoms with Crippen LogP contribution in [-0.4, -0.2) is 42.0 Å². The number of nitrogens with two attached hydrogens (primary N) is 1. The molecule has 1 saturated heterocycles. The molecule has 3 unspecified atom stereocenters. The number of fused-ring (bicyclic) bond motifs is 1. The summed E-state index contributed by atoms with van der Waals surface area (Å²) in [6.45, 7) is 5.34. The summed E-state index contributed by atoms with van der Waals surface area (Å²) in [5, 5.41) is 5.53. The largest absolute Gasteiger partial charge is 0.338 e. The van der Waals surface area contributed by atoms with Crippen molar-refractivity contribution in [1.29, 1.82) is 0 Å². The molecule has 1 aliphatic carbocycles. The highest BCUT2D eigenvalue weighted by atomic mass is 35.5. The van der Waals surface area contributed by atoms with Gasteiger partial charge in [-0.2, -0.15) is 0 Å². The summed E-state index contributed by atoms with van der Waals surface area (Å²) in [6, 6.07) is 7.12. The lowest BCUT2D eigenvalue weighted by atomic mass is 9.98. The third kappa shape index (κ3) is 4.44. The summed E-state index contributed by atoms with van der Waals surface area (Å²) in [5.74, 6) is 0.999. The average molecular weight is 367 g/mol. The number of hydrogen-bond acceptors (Lipinski definition) is 3. The van der Waals surface area contributed by atoms with E-state index in [0.29, 0.717) is 23.1 Å². The Balaban J connectivity index is 0.00000225. The molecule has 1 aromatic rings. The van der Waals surface area contributed by atoms with Crippen LogP contribution in [0.15, 0.2) is 24.3 Å². The number of rotatable bonds is 3. The molecule has 1 aromatic carbocycles. The number of benzene rings is 1. The zero-order chi connectivity index (χ0) is 17.3. The molecule has 2 aliphatic rings. The molecule has 6 nitrogen and oxygen atoms in total. The van der Waals surface area contributed by atoms with Gasteiger partial charge in [-0.15, -0.1) is 12.4 Å². The van der Waals surface area contributed by atoms with E-state index in [9.17, 15) is 9.59 Å². The van der Waals surface area contributed by atoms with Gasteiger partial charge in [-0.3, -0.25) is 4.79 Å². The van der Waals surface area contributed by atoms with Gasteiger partial charge in [-0.05, 0) is 56.7 Å². The van der Waals surface area contributed by atoms with Crippen LogP contribution >= 0.6 is 12.4 Å². The van der Waals surface area contributed by atoms with E-state index in [1.807, 2.05) is 18.7 Å². The predicted molar refractivity (Wildman–Crippen MR) is 101 cm³/mol. The fraction of sp³-hybridized carbons (Fsp3) is 0.556. The van der Waals surface area contributed by atoms with Crippen LogP contribution in [-0.2, 0) is 0 Å². The zero-order valence-electron chi connectivity index (χ0n) is 14.7. The van der Waals surface area contributed by atoms with Crippen LogP contribution in [0.2, 0.25) is 0 Å². The van der Waals surface area contributed by atoms with Crippen LogP contribution in [0.3, 0.4) is 0 Å². The van der Waals surface area contributed by atoms with E-state index in [0.717, 1.165) is 25.9 Å². The summed E-state index contributed by atoms with van der Waals surface area (Å²) in [4.78, 5) is 26.5. The van der Waals surface area contributed by atoms with Crippen LogP contribution in [0.25, 0.3) is 0 Å². The van der Waals surface area contributed by atoms with E-state index in [1.54, 1.807) is 24.3 Å². The molecule has 138 valence electrons. The first-order valence-corrected chi connectivity index (χ1v) is 8.66. The van der Waals surface area contributed by atoms with E-state index < -0.39 is 0 Å². The van der Waals surface area contributed by atoms with Gasteiger partial charge < -0.3 is 21.3 Å². The van der Waals surface area contributed by atoms with Crippen molar-refractivity contribution in [1.82, 2.24) is 10.2 Å². The molecular weight excluding hydrogens is 340 g/mol. The Morgan fingerprint density at radius 3 is 2.68 bits per heavy atom. The number of nitrogens with one attached hydrogen (secondary N) is 2. The second kappa shape index (κ2) is 8.06. The van der Waals surface area contributed by atoms with Crippen molar-refractivity contribution in [2.45, 2.75) is 38.8 Å². The molecule has 0 aromatic heterocycles. The van der Waals surface area contributed by atoms with Crippen molar-refractivity contribution < 1.29 is 9.59 Å². The molecule has 0 radical (unpaired) electrons. The van der Waals surface area contributed by atoms with E-state index in [4.69, 9.17) is 5.73 Å². The lowest BCUT2D eigenvalue weighted by Gasteiger charge is -2.19. The summed E-state index contributed by atoms with van der Waals surface area (Å²) in [6.07, 6.45) is 2.19. The van der Waals surface area contributed by atoms with Gasteiger partial charge in [0.05, 0.1) is 0 Å². The summed E-state index contributed by atoms with van der Waals surface area (Å²) < 4.78 is 0. The number of nitrogens with zero attached hydrogens (tertiary/aromatic N) is 1. The van der Waals surface area contributed by atoms with Gasteiger partial charge in [0.2, 0.25) is 0 Å². The van der Waals surface area contributed by atoms with Crippen LogP contribution in [0.5, 0.6) is 0 Å². The van der Waals surface area contributed by atoms with Crippen LogP contribution in [0.4, 0.5) is 10.5 Å². The minimum Gasteiger partial charge on any atom is -0.338 e. The summed E-state index contributed by atoms with van der Waals surface area (Å²) >= 11 is 0. The van der Waals surface area contributed by atoms with Crippen molar-refractivity contribution in [3.8, 4) is 0 Å². The number of anilines is 1. The number of halogens is 1. The maximum Gasteiger partial charge on any atom is 0.319 e. The van der Waals surface area contributed by atoms with Gasteiger partial charge in [0.1, 0.15) is 0 Å². The number of carbonyl (C=O) groups is 2. The molecule has 2 fully saturated rings. The van der Waals surface area contributed by atoms with Gasteiger partial charge in [-0.25, -0.2) is 4.79 Å². The smallest absolute Gasteiger partial charge is 0.319 e. The number of carbonyl (C=O) groups excluding carboxylic acids is 2. The van der Waals surface area contributed by atoms with E-state index in [2.05, 4.69) is 10.6 Å². The van der Waals surface area contributed by atoms with Crippen molar-refractivity contribution in [2.24, 2.45) is 17.6 Å². The highest BCUT2D eigenvalue weighted by Gasteiger charge is 2.42. The van der Waals surface area contributed by atoms with Gasteiger partial charge in [0, 0.05) is 36.4 Å². The van der Waals surface area contributed by atoms with Gasteiger partial charge in [0.25, 0.3) is 5.91 Å². The molecule has 25 heavy (non-hydrogen) atoms. The molecular formula is C18H27ClN4O2. The minimum absolute atomic E-state index is 0. The Morgan fingerprint density at radius 1 is 1.24 bits per heavy atom. The third-order valence-electron chi connectivity index (χ3n) is 4.99. The summed E-state index contributed by atoms with van der Waals surface area (Å²) in [5.41, 5.74) is 7.37. The van der Waals surface area contributed by atoms with Crippen LogP contribution in [0, 0.1) is 11.8 Å². The zero-order valence-corrected chi connectivity index (χ0v) is 15.5. The minimum atomic E-state index is -0.267. The van der Waals surface area contributed by atoms with Crippen molar-refractivity contribution in [2.75, 3.05) is 18.4 Å². The quantitative estimate of drug-likeness (QED) is 0.767. The topological polar surface area (TPSA) is 87.5 Å². The standard InChI is InChI=1S/C18H26N4O2.ClH/c1-11(2)20-18(24)21-14-5-3-4-12(8-14)17(23)22-9-13-6-7-16(19)15(13)10-22;/h3-5,8,11,13,15-16H,6-7,9-10,19H2,1-2H3,(H2,20,21,24);1H. The van der Waals surface area contributed by atoms with Crippen molar-refractivity contribution in [3.63, 3.8) is 0 Å². The van der Waals surface area contributed by atoms with E-state index in [1.165, 1.54) is 0 Å². The highest BCUT2D eigenvalue weighted by Crippen LogP contribution is 2.37. The van der Waals surface area contributed by atoms with Gasteiger partial charge in [0.15, 0.2) is 0 Å². The third-order valence-corrected chi connectivity index (χ3v) is 4.99. The monoisotopic (exact) mass is 366 g/mol. The predicted octanol–water partition coefficient (Wildman–Crippen LogP) is 2.45. The second-order valence-corrected chi connectivity index (χ2v) is 7.21. The molecule has 1 heterocycles. The highest BCUT2D eigenvalue weighted by molar-refractivity contribution is 5.97. The van der Waals surface area contributed by atoms with Crippen molar-refractivity contribution >= 4 is 30.0 Å². The maximum atomic E-state index is 12.8. The first kappa shape index (κ1) is 19.5. The molecule has 1 saturated carbocycles. The molecule has 1 aliphatic heterocycles. The number of urea groups is 1. The molecule has 0 spiro atoms. The molecule has 3 amide bonds. The lowest BCUT2D eigenvalue weighted by Crippen LogP contribution is -2.34. The van der Waals surface area contributed by atoms with Crippen molar-refractivity contribution in [3.05, 3.63) is 29.8 Å². The average Bonchev–Trinajstić information content (AvgIpc) is 3.08. The Hall–Kier alpha value is -1.79. The van der Waals surface area contributed by atoms with Crippen LogP contribution < -0.4 is 16.4 Å². The first-order valence-electron chi connectivity index (χ1n) is 8.66.